The third kappa shape index (κ3) is 2.99. The summed E-state index contributed by atoms with van der Waals surface area (Å²) in [5.74, 6) is 0.737. The van der Waals surface area contributed by atoms with Crippen LogP contribution in [0.5, 0.6) is 5.75 Å². The predicted octanol–water partition coefficient (Wildman–Crippen LogP) is 3.81. The number of fused-ring (bicyclic) bond motifs is 1. The monoisotopic (exact) mass is 360 g/mol. The van der Waals surface area contributed by atoms with Gasteiger partial charge in [-0.25, -0.2) is 9.20 Å². The minimum atomic E-state index is -0.121. The van der Waals surface area contributed by atoms with Gasteiger partial charge in [-0.1, -0.05) is 30.3 Å². The highest BCUT2D eigenvalue weighted by Gasteiger charge is 2.19. The lowest BCUT2D eigenvalue weighted by atomic mass is 10.0. The third-order valence-electron chi connectivity index (χ3n) is 4.46. The van der Waals surface area contributed by atoms with Crippen molar-refractivity contribution in [1.82, 2.24) is 19.4 Å². The van der Waals surface area contributed by atoms with Gasteiger partial charge in [0.1, 0.15) is 11.4 Å². The minimum Gasteiger partial charge on any atom is -0.497 e. The molecule has 6 heteroatoms. The summed E-state index contributed by atoms with van der Waals surface area (Å²) in [6, 6.07) is 17.0. The zero-order valence-corrected chi connectivity index (χ0v) is 15.5. The van der Waals surface area contributed by atoms with Crippen LogP contribution in [0.15, 0.2) is 65.6 Å². The number of hydrogen-bond donors (Lipinski definition) is 0. The van der Waals surface area contributed by atoms with Crippen molar-refractivity contribution in [3.63, 3.8) is 0 Å². The Kier molecular flexibility index (Phi) is 4.24. The molecule has 0 atom stereocenters. The first-order valence-electron chi connectivity index (χ1n) is 8.80. The van der Waals surface area contributed by atoms with Crippen LogP contribution in [0, 0.1) is 0 Å². The lowest BCUT2D eigenvalue weighted by Gasteiger charge is -2.10. The molecule has 0 radical (unpaired) electrons. The van der Waals surface area contributed by atoms with Gasteiger partial charge in [0.05, 0.1) is 29.9 Å². The van der Waals surface area contributed by atoms with E-state index in [9.17, 15) is 4.79 Å². The largest absolute Gasteiger partial charge is 0.497 e. The van der Waals surface area contributed by atoms with Crippen molar-refractivity contribution in [2.45, 2.75) is 19.9 Å². The van der Waals surface area contributed by atoms with E-state index in [0.29, 0.717) is 5.69 Å². The van der Waals surface area contributed by atoms with Gasteiger partial charge in [0, 0.05) is 23.9 Å². The van der Waals surface area contributed by atoms with Crippen LogP contribution in [0.1, 0.15) is 19.9 Å². The van der Waals surface area contributed by atoms with E-state index in [0.717, 1.165) is 28.1 Å². The number of methoxy groups -OCH3 is 1. The Bertz CT molecular complexity index is 1160. The van der Waals surface area contributed by atoms with E-state index in [-0.39, 0.29) is 11.6 Å². The Morgan fingerprint density at radius 1 is 1.00 bits per heavy atom. The number of pyridine rings is 1. The fourth-order valence-corrected chi connectivity index (χ4v) is 3.13. The van der Waals surface area contributed by atoms with Gasteiger partial charge in [-0.15, -0.1) is 0 Å². The lowest BCUT2D eigenvalue weighted by molar-refractivity contribution is 0.414. The molecule has 0 spiro atoms. The average Bonchev–Trinajstić information content (AvgIpc) is 3.07. The van der Waals surface area contributed by atoms with E-state index in [4.69, 9.17) is 9.84 Å². The quantitative estimate of drug-likeness (QED) is 0.555. The maximum atomic E-state index is 12.2. The third-order valence-corrected chi connectivity index (χ3v) is 4.46. The molecule has 1 aromatic carbocycles. The van der Waals surface area contributed by atoms with Gasteiger partial charge < -0.3 is 4.74 Å². The Morgan fingerprint density at radius 3 is 2.48 bits per heavy atom. The molecule has 136 valence electrons. The van der Waals surface area contributed by atoms with Gasteiger partial charge >= 0.3 is 0 Å². The van der Waals surface area contributed by atoms with E-state index in [1.807, 2.05) is 67.0 Å². The van der Waals surface area contributed by atoms with Crippen LogP contribution in [0.3, 0.4) is 0 Å². The highest BCUT2D eigenvalue weighted by atomic mass is 16.5. The molecule has 3 heterocycles. The molecular formula is C21H20N4O2. The van der Waals surface area contributed by atoms with Crippen molar-refractivity contribution in [3.05, 3.63) is 71.1 Å². The molecule has 4 aromatic rings. The SMILES string of the molecule is COc1ccn2nc(-c3ccccc3)c(-c3ccc(=O)n(C(C)C)n3)c2c1. The first-order chi connectivity index (χ1) is 13.1. The standard InChI is InChI=1S/C21H20N4O2/c1-14(2)25-19(26)10-9-17(22-25)20-18-13-16(27-3)11-12-24(18)23-21(20)15-7-5-4-6-8-15/h4-14H,1-3H3. The average molecular weight is 360 g/mol. The molecule has 4 rings (SSSR count). The molecule has 0 aliphatic carbocycles. The van der Waals surface area contributed by atoms with Crippen LogP contribution in [-0.4, -0.2) is 26.5 Å². The van der Waals surface area contributed by atoms with Crippen LogP contribution in [0.2, 0.25) is 0 Å². The smallest absolute Gasteiger partial charge is 0.267 e. The minimum absolute atomic E-state index is 0.0333. The maximum Gasteiger partial charge on any atom is 0.267 e. The highest BCUT2D eigenvalue weighted by Crippen LogP contribution is 2.35. The van der Waals surface area contributed by atoms with E-state index in [2.05, 4.69) is 5.10 Å². The van der Waals surface area contributed by atoms with Gasteiger partial charge in [0.2, 0.25) is 0 Å². The second kappa shape index (κ2) is 6.72. The van der Waals surface area contributed by atoms with Gasteiger partial charge in [-0.2, -0.15) is 10.2 Å². The van der Waals surface area contributed by atoms with Crippen molar-refractivity contribution in [2.75, 3.05) is 7.11 Å². The van der Waals surface area contributed by atoms with E-state index in [1.54, 1.807) is 19.2 Å². The summed E-state index contributed by atoms with van der Waals surface area (Å²) in [6.45, 7) is 3.88. The van der Waals surface area contributed by atoms with Crippen molar-refractivity contribution >= 4 is 5.52 Å². The van der Waals surface area contributed by atoms with Crippen molar-refractivity contribution in [3.8, 4) is 28.3 Å². The maximum absolute atomic E-state index is 12.2. The first kappa shape index (κ1) is 17.0. The molecule has 0 N–H and O–H groups in total. The highest BCUT2D eigenvalue weighted by molar-refractivity contribution is 5.91. The first-order valence-corrected chi connectivity index (χ1v) is 8.80. The molecule has 0 saturated carbocycles. The van der Waals surface area contributed by atoms with Crippen LogP contribution in [0.4, 0.5) is 0 Å². The van der Waals surface area contributed by atoms with E-state index >= 15 is 0 Å². The van der Waals surface area contributed by atoms with E-state index in [1.165, 1.54) is 4.68 Å². The zero-order chi connectivity index (χ0) is 19.0. The van der Waals surface area contributed by atoms with Gasteiger partial charge in [0.25, 0.3) is 5.56 Å². The van der Waals surface area contributed by atoms with Crippen LogP contribution >= 0.6 is 0 Å². The zero-order valence-electron chi connectivity index (χ0n) is 15.5. The molecule has 0 bridgehead atoms. The second-order valence-electron chi connectivity index (χ2n) is 6.58. The van der Waals surface area contributed by atoms with Crippen molar-refractivity contribution in [2.24, 2.45) is 0 Å². The number of benzene rings is 1. The number of aromatic nitrogens is 4. The molecule has 0 fully saturated rings. The Labute approximate surface area is 156 Å². The molecule has 0 unspecified atom stereocenters. The fourth-order valence-electron chi connectivity index (χ4n) is 3.13. The summed E-state index contributed by atoms with van der Waals surface area (Å²) < 4.78 is 8.70. The molecule has 0 aliphatic rings. The normalized spacial score (nSPS) is 11.3. The van der Waals surface area contributed by atoms with Crippen LogP contribution < -0.4 is 10.3 Å². The van der Waals surface area contributed by atoms with Crippen molar-refractivity contribution < 1.29 is 4.74 Å². The number of hydrogen-bond acceptors (Lipinski definition) is 4. The molecule has 6 nitrogen and oxygen atoms in total. The molecule has 0 saturated heterocycles. The summed E-state index contributed by atoms with van der Waals surface area (Å²) in [7, 11) is 1.64. The van der Waals surface area contributed by atoms with Crippen LogP contribution in [0.25, 0.3) is 28.0 Å². The lowest BCUT2D eigenvalue weighted by Crippen LogP contribution is -2.23. The topological polar surface area (TPSA) is 61.4 Å². The molecule has 27 heavy (non-hydrogen) atoms. The Morgan fingerprint density at radius 2 is 1.78 bits per heavy atom. The molecule has 0 aliphatic heterocycles. The fraction of sp³-hybridized carbons (Fsp3) is 0.190. The summed E-state index contributed by atoms with van der Waals surface area (Å²) in [5.41, 5.74) is 4.11. The summed E-state index contributed by atoms with van der Waals surface area (Å²) in [4.78, 5) is 12.2. The predicted molar refractivity (Wildman–Crippen MR) is 105 cm³/mol. The van der Waals surface area contributed by atoms with Crippen molar-refractivity contribution in [1.29, 1.82) is 0 Å². The summed E-state index contributed by atoms with van der Waals surface area (Å²) in [5, 5.41) is 9.38. The van der Waals surface area contributed by atoms with Gasteiger partial charge in [0.15, 0.2) is 0 Å². The van der Waals surface area contributed by atoms with Gasteiger partial charge in [-0.05, 0) is 26.0 Å². The number of rotatable bonds is 4. The molecular weight excluding hydrogens is 340 g/mol. The van der Waals surface area contributed by atoms with Gasteiger partial charge in [-0.3, -0.25) is 4.79 Å². The Hall–Kier alpha value is -3.41. The number of ether oxygens (including phenoxy) is 1. The van der Waals surface area contributed by atoms with Crippen LogP contribution in [-0.2, 0) is 0 Å². The Balaban J connectivity index is 2.05. The van der Waals surface area contributed by atoms with E-state index < -0.39 is 0 Å². The summed E-state index contributed by atoms with van der Waals surface area (Å²) in [6.07, 6.45) is 1.86. The number of nitrogens with zero attached hydrogens (tertiary/aromatic N) is 4. The molecule has 3 aromatic heterocycles. The second-order valence-corrected chi connectivity index (χ2v) is 6.58. The molecule has 0 amide bonds. The summed E-state index contributed by atoms with van der Waals surface area (Å²) >= 11 is 0.